The minimum absolute atomic E-state index is 0.0115. The van der Waals surface area contributed by atoms with Crippen molar-refractivity contribution >= 4 is 5.91 Å². The Morgan fingerprint density at radius 2 is 2.13 bits per heavy atom. The molecule has 4 heterocycles. The number of pyridine rings is 1. The Balaban J connectivity index is 1.27. The smallest absolute Gasteiger partial charge is 0.346 e. The van der Waals surface area contributed by atoms with E-state index in [1.54, 1.807) is 23.0 Å². The lowest BCUT2D eigenvalue weighted by Crippen LogP contribution is -2.36. The molecule has 0 bridgehead atoms. The van der Waals surface area contributed by atoms with E-state index in [2.05, 4.69) is 15.4 Å². The summed E-state index contributed by atoms with van der Waals surface area (Å²) >= 11 is 0. The predicted octanol–water partition coefficient (Wildman–Crippen LogP) is 1.56. The number of amides is 1. The minimum Gasteiger partial charge on any atom is -0.492 e. The molecule has 0 aliphatic carbocycles. The molecule has 0 spiro atoms. The van der Waals surface area contributed by atoms with Crippen LogP contribution >= 0.6 is 0 Å². The SMILES string of the molecule is O=C(NC1CCc2nn(Cc3cccnc3)c(=O)n2CC1)c1cccc2c1OCC2. The van der Waals surface area contributed by atoms with E-state index in [0.29, 0.717) is 43.9 Å². The van der Waals surface area contributed by atoms with Crippen LogP contribution in [0, 0.1) is 0 Å². The Morgan fingerprint density at radius 3 is 3.00 bits per heavy atom. The van der Waals surface area contributed by atoms with Crippen LogP contribution < -0.4 is 15.7 Å². The van der Waals surface area contributed by atoms with Crippen LogP contribution in [0.3, 0.4) is 0 Å². The molecular formula is C22H23N5O3. The van der Waals surface area contributed by atoms with E-state index in [-0.39, 0.29) is 17.6 Å². The summed E-state index contributed by atoms with van der Waals surface area (Å²) in [4.78, 5) is 29.7. The molecular weight excluding hydrogens is 382 g/mol. The highest BCUT2D eigenvalue weighted by atomic mass is 16.5. The van der Waals surface area contributed by atoms with Crippen LogP contribution in [0.4, 0.5) is 0 Å². The molecule has 2 aromatic heterocycles. The standard InChI is InChI=1S/C22H23N5O3/c28-21(18-5-1-4-16-9-12-30-20(16)18)24-17-6-7-19-25-27(22(29)26(19)11-8-17)14-15-3-2-10-23-13-15/h1-5,10,13,17H,6-9,11-12,14H2,(H,24,28). The van der Waals surface area contributed by atoms with Gasteiger partial charge in [-0.25, -0.2) is 9.48 Å². The maximum Gasteiger partial charge on any atom is 0.346 e. The summed E-state index contributed by atoms with van der Waals surface area (Å²) < 4.78 is 8.88. The lowest BCUT2D eigenvalue weighted by Gasteiger charge is -2.17. The summed E-state index contributed by atoms with van der Waals surface area (Å²) in [5.74, 6) is 1.35. The number of nitrogens with zero attached hydrogens (tertiary/aromatic N) is 4. The van der Waals surface area contributed by atoms with E-state index in [1.165, 1.54) is 4.68 Å². The van der Waals surface area contributed by atoms with Gasteiger partial charge in [0.15, 0.2) is 0 Å². The van der Waals surface area contributed by atoms with Gasteiger partial charge in [0.05, 0.1) is 18.7 Å². The first-order chi connectivity index (χ1) is 14.7. The number of aromatic nitrogens is 4. The van der Waals surface area contributed by atoms with Crippen molar-refractivity contribution in [3.63, 3.8) is 0 Å². The Kier molecular flexibility index (Phi) is 4.82. The lowest BCUT2D eigenvalue weighted by molar-refractivity contribution is 0.0929. The molecule has 5 rings (SSSR count). The van der Waals surface area contributed by atoms with Crippen molar-refractivity contribution in [3.05, 3.63) is 75.7 Å². The van der Waals surface area contributed by atoms with E-state index < -0.39 is 0 Å². The number of rotatable bonds is 4. The van der Waals surface area contributed by atoms with Crippen LogP contribution in [0.5, 0.6) is 5.75 Å². The number of aryl methyl sites for hydroxylation is 1. The molecule has 154 valence electrons. The number of nitrogens with one attached hydrogen (secondary N) is 1. The van der Waals surface area contributed by atoms with Crippen molar-refractivity contribution in [2.75, 3.05) is 6.61 Å². The third-order valence-electron chi connectivity index (χ3n) is 5.77. The second kappa shape index (κ2) is 7.78. The first-order valence-electron chi connectivity index (χ1n) is 10.3. The number of fused-ring (bicyclic) bond motifs is 2. The molecule has 1 atom stereocenters. The predicted molar refractivity (Wildman–Crippen MR) is 110 cm³/mol. The van der Waals surface area contributed by atoms with E-state index in [1.807, 2.05) is 24.3 Å². The number of para-hydroxylation sites is 1. The largest absolute Gasteiger partial charge is 0.492 e. The van der Waals surface area contributed by atoms with Gasteiger partial charge in [-0.15, -0.1) is 0 Å². The number of hydrogen-bond acceptors (Lipinski definition) is 5. The molecule has 0 radical (unpaired) electrons. The highest BCUT2D eigenvalue weighted by Gasteiger charge is 2.25. The Labute approximate surface area is 173 Å². The zero-order chi connectivity index (χ0) is 20.5. The summed E-state index contributed by atoms with van der Waals surface area (Å²) in [6, 6.07) is 9.47. The minimum atomic E-state index is -0.118. The summed E-state index contributed by atoms with van der Waals surface area (Å²) in [6.07, 6.45) is 6.36. The molecule has 8 heteroatoms. The average molecular weight is 405 g/mol. The number of ether oxygens (including phenoxy) is 1. The Morgan fingerprint density at radius 1 is 1.20 bits per heavy atom. The van der Waals surface area contributed by atoms with E-state index in [9.17, 15) is 9.59 Å². The van der Waals surface area contributed by atoms with Gasteiger partial charge in [0.1, 0.15) is 11.6 Å². The van der Waals surface area contributed by atoms with Gasteiger partial charge in [-0.1, -0.05) is 18.2 Å². The van der Waals surface area contributed by atoms with Crippen LogP contribution in [0.1, 0.15) is 40.2 Å². The van der Waals surface area contributed by atoms with Gasteiger partial charge in [0.25, 0.3) is 5.91 Å². The third kappa shape index (κ3) is 3.49. The van der Waals surface area contributed by atoms with Crippen molar-refractivity contribution in [1.29, 1.82) is 0 Å². The fourth-order valence-electron chi connectivity index (χ4n) is 4.20. The van der Waals surface area contributed by atoms with E-state index in [4.69, 9.17) is 4.74 Å². The van der Waals surface area contributed by atoms with Crippen LogP contribution in [-0.2, 0) is 25.9 Å². The van der Waals surface area contributed by atoms with Gasteiger partial charge in [-0.3, -0.25) is 14.3 Å². The first kappa shape index (κ1) is 18.6. The molecule has 0 fully saturated rings. The third-order valence-corrected chi connectivity index (χ3v) is 5.77. The summed E-state index contributed by atoms with van der Waals surface area (Å²) in [5.41, 5.74) is 2.49. The average Bonchev–Trinajstić information content (AvgIpc) is 3.29. The second-order valence-electron chi connectivity index (χ2n) is 7.76. The van der Waals surface area contributed by atoms with Crippen molar-refractivity contribution in [2.24, 2.45) is 0 Å². The van der Waals surface area contributed by atoms with E-state index in [0.717, 1.165) is 29.8 Å². The first-order valence-corrected chi connectivity index (χ1v) is 10.3. The molecule has 2 aliphatic rings. The highest BCUT2D eigenvalue weighted by molar-refractivity contribution is 5.97. The summed E-state index contributed by atoms with van der Waals surface area (Å²) in [5, 5.41) is 7.66. The van der Waals surface area contributed by atoms with Gasteiger partial charge < -0.3 is 10.1 Å². The van der Waals surface area contributed by atoms with Crippen molar-refractivity contribution in [2.45, 2.75) is 44.8 Å². The molecule has 1 N–H and O–H groups in total. The normalized spacial score (nSPS) is 17.5. The van der Waals surface area contributed by atoms with Gasteiger partial charge in [0.2, 0.25) is 0 Å². The zero-order valence-corrected chi connectivity index (χ0v) is 16.6. The molecule has 1 unspecified atom stereocenters. The number of hydrogen-bond donors (Lipinski definition) is 1. The lowest BCUT2D eigenvalue weighted by atomic mass is 10.1. The van der Waals surface area contributed by atoms with Crippen LogP contribution in [0.2, 0.25) is 0 Å². The number of benzene rings is 1. The highest BCUT2D eigenvalue weighted by Crippen LogP contribution is 2.29. The monoisotopic (exact) mass is 405 g/mol. The van der Waals surface area contributed by atoms with Crippen molar-refractivity contribution < 1.29 is 9.53 Å². The summed E-state index contributed by atoms with van der Waals surface area (Å²) in [7, 11) is 0. The fourth-order valence-corrected chi connectivity index (χ4v) is 4.20. The molecule has 30 heavy (non-hydrogen) atoms. The Hall–Kier alpha value is -3.42. The molecule has 1 aromatic carbocycles. The van der Waals surface area contributed by atoms with Crippen LogP contribution in [0.15, 0.2) is 47.5 Å². The van der Waals surface area contributed by atoms with Crippen molar-refractivity contribution in [1.82, 2.24) is 24.6 Å². The maximum atomic E-state index is 12.8. The molecule has 1 amide bonds. The summed E-state index contributed by atoms with van der Waals surface area (Å²) in [6.45, 7) is 1.57. The molecule has 0 saturated carbocycles. The fraction of sp³-hybridized carbons (Fsp3) is 0.364. The van der Waals surface area contributed by atoms with Gasteiger partial charge in [-0.2, -0.15) is 5.10 Å². The van der Waals surface area contributed by atoms with Crippen LogP contribution in [0.25, 0.3) is 0 Å². The van der Waals surface area contributed by atoms with Gasteiger partial charge in [-0.05, 0) is 36.1 Å². The number of carbonyl (C=O) groups is 1. The topological polar surface area (TPSA) is 91.0 Å². The zero-order valence-electron chi connectivity index (χ0n) is 16.6. The second-order valence-corrected chi connectivity index (χ2v) is 7.76. The molecule has 3 aromatic rings. The van der Waals surface area contributed by atoms with E-state index >= 15 is 0 Å². The van der Waals surface area contributed by atoms with Crippen LogP contribution in [-0.4, -0.2) is 37.9 Å². The maximum absolute atomic E-state index is 12.8. The molecule has 2 aliphatic heterocycles. The molecule has 0 saturated heterocycles. The van der Waals surface area contributed by atoms with Crippen molar-refractivity contribution in [3.8, 4) is 5.75 Å². The number of carbonyl (C=O) groups excluding carboxylic acids is 1. The molecule has 8 nitrogen and oxygen atoms in total. The Bertz CT molecular complexity index is 1140. The van der Waals surface area contributed by atoms with Gasteiger partial charge in [0, 0.05) is 37.8 Å². The quantitative estimate of drug-likeness (QED) is 0.711. The van der Waals surface area contributed by atoms with Gasteiger partial charge >= 0.3 is 5.69 Å².